The molecule has 0 aromatic carbocycles. The van der Waals surface area contributed by atoms with Crippen LogP contribution in [-0.4, -0.2) is 23.7 Å². The third kappa shape index (κ3) is 3.50. The molecule has 1 aliphatic heterocycles. The molecule has 3 nitrogen and oxygen atoms in total. The highest BCUT2D eigenvalue weighted by atomic mass is 32.1. The van der Waals surface area contributed by atoms with Gasteiger partial charge in [-0.2, -0.15) is 0 Å². The summed E-state index contributed by atoms with van der Waals surface area (Å²) in [5, 5.41) is 6.81. The van der Waals surface area contributed by atoms with E-state index in [2.05, 4.69) is 36.5 Å². The second-order valence-electron chi connectivity index (χ2n) is 5.80. The van der Waals surface area contributed by atoms with Crippen LogP contribution in [0.1, 0.15) is 44.0 Å². The maximum Gasteiger partial charge on any atom is 0.122 e. The van der Waals surface area contributed by atoms with E-state index in [1.54, 1.807) is 11.3 Å². The Kier molecular flexibility index (Phi) is 3.85. The van der Waals surface area contributed by atoms with Gasteiger partial charge in [0.05, 0.1) is 0 Å². The minimum Gasteiger partial charge on any atom is -0.371 e. The van der Waals surface area contributed by atoms with Crippen molar-refractivity contribution in [2.75, 3.05) is 13.2 Å². The van der Waals surface area contributed by atoms with Crippen LogP contribution in [-0.2, 0) is 4.74 Å². The molecule has 1 N–H and O–H groups in total. The highest BCUT2D eigenvalue weighted by Gasteiger charge is 2.32. The highest BCUT2D eigenvalue weighted by Crippen LogP contribution is 2.35. The van der Waals surface area contributed by atoms with Crippen molar-refractivity contribution in [2.24, 2.45) is 5.92 Å². The lowest BCUT2D eigenvalue weighted by molar-refractivity contribution is 0.0886. The summed E-state index contributed by atoms with van der Waals surface area (Å²) in [6.45, 7) is 10.5. The topological polar surface area (TPSA) is 34.1 Å². The molecular formula is C13H22N2OS. The van der Waals surface area contributed by atoms with Crippen molar-refractivity contribution in [3.8, 4) is 0 Å². The van der Waals surface area contributed by atoms with Gasteiger partial charge in [0.2, 0.25) is 0 Å². The smallest absolute Gasteiger partial charge is 0.122 e. The lowest BCUT2D eigenvalue weighted by Gasteiger charge is -2.25. The Morgan fingerprint density at radius 3 is 2.88 bits per heavy atom. The number of nitrogens with zero attached hydrogens (tertiary/aromatic N) is 1. The van der Waals surface area contributed by atoms with Crippen LogP contribution in [0.3, 0.4) is 0 Å². The molecule has 1 aromatic rings. The minimum atomic E-state index is 0.173. The first-order valence-electron chi connectivity index (χ1n) is 6.24. The number of thiazole rings is 1. The maximum absolute atomic E-state index is 5.84. The number of rotatable bonds is 3. The summed E-state index contributed by atoms with van der Waals surface area (Å²) in [5.74, 6) is 0.555. The largest absolute Gasteiger partial charge is 0.371 e. The van der Waals surface area contributed by atoms with Gasteiger partial charge in [0, 0.05) is 35.7 Å². The van der Waals surface area contributed by atoms with Gasteiger partial charge in [0.1, 0.15) is 11.1 Å². The van der Waals surface area contributed by atoms with Gasteiger partial charge in [0.25, 0.3) is 0 Å². The van der Waals surface area contributed by atoms with Crippen molar-refractivity contribution in [1.29, 1.82) is 0 Å². The predicted octanol–water partition coefficient (Wildman–Crippen LogP) is 2.92. The molecule has 0 aliphatic carbocycles. The number of ether oxygens (including phenoxy) is 1. The van der Waals surface area contributed by atoms with Crippen LogP contribution in [0.25, 0.3) is 0 Å². The Labute approximate surface area is 108 Å². The quantitative estimate of drug-likeness (QED) is 0.900. The highest BCUT2D eigenvalue weighted by molar-refractivity contribution is 7.09. The molecule has 1 aromatic heterocycles. The van der Waals surface area contributed by atoms with Gasteiger partial charge in [-0.3, -0.25) is 0 Å². The van der Waals surface area contributed by atoms with Crippen LogP contribution in [0.5, 0.6) is 0 Å². The number of hydrogen-bond acceptors (Lipinski definition) is 4. The molecule has 1 aliphatic rings. The Morgan fingerprint density at radius 2 is 2.29 bits per heavy atom. The number of nitrogens with one attached hydrogen (secondary N) is 1. The molecule has 2 rings (SSSR count). The van der Waals surface area contributed by atoms with E-state index in [1.165, 1.54) is 0 Å². The number of aryl methyl sites for hydroxylation is 1. The molecule has 2 heterocycles. The zero-order valence-electron chi connectivity index (χ0n) is 11.1. The van der Waals surface area contributed by atoms with Gasteiger partial charge in [-0.15, -0.1) is 11.3 Å². The zero-order valence-corrected chi connectivity index (χ0v) is 11.9. The van der Waals surface area contributed by atoms with E-state index in [-0.39, 0.29) is 11.6 Å². The van der Waals surface area contributed by atoms with E-state index < -0.39 is 0 Å². The SMILES string of the molecule is Cc1csc(C2OCCC2CNC(C)(C)C)n1. The third-order valence-corrected chi connectivity index (χ3v) is 4.01. The van der Waals surface area contributed by atoms with E-state index in [1.807, 2.05) is 6.92 Å². The Hall–Kier alpha value is -0.450. The average Bonchev–Trinajstić information content (AvgIpc) is 2.81. The lowest BCUT2D eigenvalue weighted by atomic mass is 10.00. The molecule has 0 saturated carbocycles. The first kappa shape index (κ1) is 13.0. The van der Waals surface area contributed by atoms with Gasteiger partial charge in [-0.1, -0.05) is 0 Å². The maximum atomic E-state index is 5.84. The van der Waals surface area contributed by atoms with E-state index in [0.717, 1.165) is 30.3 Å². The van der Waals surface area contributed by atoms with Crippen molar-refractivity contribution < 1.29 is 4.74 Å². The summed E-state index contributed by atoms with van der Waals surface area (Å²) in [4.78, 5) is 4.55. The van der Waals surface area contributed by atoms with E-state index >= 15 is 0 Å². The van der Waals surface area contributed by atoms with Gasteiger partial charge < -0.3 is 10.1 Å². The normalized spacial score (nSPS) is 25.4. The van der Waals surface area contributed by atoms with Crippen molar-refractivity contribution in [3.05, 3.63) is 16.1 Å². The number of hydrogen-bond donors (Lipinski definition) is 1. The number of aromatic nitrogens is 1. The fourth-order valence-electron chi connectivity index (χ4n) is 2.06. The first-order valence-corrected chi connectivity index (χ1v) is 7.12. The third-order valence-electron chi connectivity index (χ3n) is 2.99. The Balaban J connectivity index is 1.98. The molecule has 2 atom stereocenters. The van der Waals surface area contributed by atoms with Gasteiger partial charge in [-0.25, -0.2) is 4.98 Å². The summed E-state index contributed by atoms with van der Waals surface area (Å²) in [6, 6.07) is 0. The van der Waals surface area contributed by atoms with Crippen molar-refractivity contribution in [1.82, 2.24) is 10.3 Å². The standard InChI is InChI=1S/C13H22N2OS/c1-9-8-17-12(15-9)11-10(5-6-16-11)7-14-13(2,3)4/h8,10-11,14H,5-7H2,1-4H3. The molecule has 0 radical (unpaired) electrons. The van der Waals surface area contributed by atoms with Crippen LogP contribution in [0, 0.1) is 12.8 Å². The second kappa shape index (κ2) is 5.04. The van der Waals surface area contributed by atoms with Gasteiger partial charge >= 0.3 is 0 Å². The zero-order chi connectivity index (χ0) is 12.5. The predicted molar refractivity (Wildman–Crippen MR) is 71.4 cm³/mol. The van der Waals surface area contributed by atoms with Crippen molar-refractivity contribution in [2.45, 2.75) is 45.8 Å². The summed E-state index contributed by atoms with van der Waals surface area (Å²) < 4.78 is 5.84. The second-order valence-corrected chi connectivity index (χ2v) is 6.69. The first-order chi connectivity index (χ1) is 7.96. The molecule has 0 spiro atoms. The summed E-state index contributed by atoms with van der Waals surface area (Å²) in [7, 11) is 0. The van der Waals surface area contributed by atoms with Crippen LogP contribution in [0.2, 0.25) is 0 Å². The molecule has 17 heavy (non-hydrogen) atoms. The Morgan fingerprint density at radius 1 is 1.53 bits per heavy atom. The van der Waals surface area contributed by atoms with Gasteiger partial charge in [0.15, 0.2) is 0 Å². The van der Waals surface area contributed by atoms with E-state index in [9.17, 15) is 0 Å². The fourth-order valence-corrected chi connectivity index (χ4v) is 2.99. The molecule has 96 valence electrons. The molecule has 1 saturated heterocycles. The fraction of sp³-hybridized carbons (Fsp3) is 0.769. The molecule has 1 fully saturated rings. The monoisotopic (exact) mass is 254 g/mol. The van der Waals surface area contributed by atoms with Crippen molar-refractivity contribution >= 4 is 11.3 Å². The van der Waals surface area contributed by atoms with E-state index in [4.69, 9.17) is 4.74 Å². The summed E-state index contributed by atoms with van der Waals surface area (Å²) in [5.41, 5.74) is 1.27. The average molecular weight is 254 g/mol. The molecule has 0 bridgehead atoms. The molecule has 4 heteroatoms. The van der Waals surface area contributed by atoms with Crippen LogP contribution in [0.15, 0.2) is 5.38 Å². The molecular weight excluding hydrogens is 232 g/mol. The molecule has 2 unspecified atom stereocenters. The molecule has 0 amide bonds. The van der Waals surface area contributed by atoms with Crippen LogP contribution in [0.4, 0.5) is 0 Å². The lowest BCUT2D eigenvalue weighted by Crippen LogP contribution is -2.39. The van der Waals surface area contributed by atoms with E-state index in [0.29, 0.717) is 5.92 Å². The van der Waals surface area contributed by atoms with Crippen LogP contribution >= 0.6 is 11.3 Å². The summed E-state index contributed by atoms with van der Waals surface area (Å²) in [6.07, 6.45) is 1.33. The van der Waals surface area contributed by atoms with Crippen molar-refractivity contribution in [3.63, 3.8) is 0 Å². The Bertz CT molecular complexity index is 370. The minimum absolute atomic E-state index is 0.173. The van der Waals surface area contributed by atoms with Gasteiger partial charge in [-0.05, 0) is 34.1 Å². The van der Waals surface area contributed by atoms with Crippen LogP contribution < -0.4 is 5.32 Å². The summed E-state index contributed by atoms with van der Waals surface area (Å²) >= 11 is 1.72.